The third-order valence-electron chi connectivity index (χ3n) is 5.87. The molecule has 6 heteroatoms. The van der Waals surface area contributed by atoms with Crippen LogP contribution in [0.5, 0.6) is 23.0 Å². The second-order valence-electron chi connectivity index (χ2n) is 7.95. The summed E-state index contributed by atoms with van der Waals surface area (Å²) in [5.41, 5.74) is 4.08. The first kappa shape index (κ1) is 20.2. The number of rotatable bonds is 7. The molecule has 32 heavy (non-hydrogen) atoms. The SMILES string of the molecule is COc1cc(C2CC(=O)Nc3cc(OCCCc4ccccc4)ccc32)cc2c1OCO2. The van der Waals surface area contributed by atoms with Gasteiger partial charge in [0.15, 0.2) is 11.5 Å². The molecule has 2 aliphatic heterocycles. The van der Waals surface area contributed by atoms with Crippen LogP contribution in [0.1, 0.15) is 35.4 Å². The summed E-state index contributed by atoms with van der Waals surface area (Å²) >= 11 is 0. The van der Waals surface area contributed by atoms with Crippen LogP contribution in [0.25, 0.3) is 0 Å². The minimum absolute atomic E-state index is 0.0274. The Morgan fingerprint density at radius 2 is 1.94 bits per heavy atom. The lowest BCUT2D eigenvalue weighted by Gasteiger charge is -2.27. The van der Waals surface area contributed by atoms with Crippen LogP contribution in [0.3, 0.4) is 0 Å². The maximum Gasteiger partial charge on any atom is 0.231 e. The van der Waals surface area contributed by atoms with Crippen LogP contribution in [-0.4, -0.2) is 26.4 Å². The molecule has 1 atom stereocenters. The molecule has 0 saturated carbocycles. The fourth-order valence-electron chi connectivity index (χ4n) is 4.29. The van der Waals surface area contributed by atoms with Gasteiger partial charge in [-0.05, 0) is 47.7 Å². The van der Waals surface area contributed by atoms with E-state index < -0.39 is 0 Å². The second-order valence-corrected chi connectivity index (χ2v) is 7.95. The summed E-state index contributed by atoms with van der Waals surface area (Å²) < 4.78 is 22.5. The Balaban J connectivity index is 1.33. The summed E-state index contributed by atoms with van der Waals surface area (Å²) in [6.07, 6.45) is 2.25. The van der Waals surface area contributed by atoms with E-state index in [0.29, 0.717) is 30.3 Å². The molecule has 0 spiro atoms. The van der Waals surface area contributed by atoms with Gasteiger partial charge in [0.05, 0.1) is 13.7 Å². The highest BCUT2D eigenvalue weighted by Crippen LogP contribution is 2.46. The molecule has 1 amide bonds. The van der Waals surface area contributed by atoms with E-state index >= 15 is 0 Å². The van der Waals surface area contributed by atoms with Gasteiger partial charge < -0.3 is 24.3 Å². The van der Waals surface area contributed by atoms with Crippen LogP contribution in [0.4, 0.5) is 5.69 Å². The summed E-state index contributed by atoms with van der Waals surface area (Å²) in [4.78, 5) is 12.5. The highest BCUT2D eigenvalue weighted by molar-refractivity contribution is 5.95. The van der Waals surface area contributed by atoms with Gasteiger partial charge in [0.2, 0.25) is 18.4 Å². The fourth-order valence-corrected chi connectivity index (χ4v) is 4.29. The molecular weight excluding hydrogens is 406 g/mol. The third-order valence-corrected chi connectivity index (χ3v) is 5.87. The average Bonchev–Trinajstić information content (AvgIpc) is 3.30. The average molecular weight is 431 g/mol. The topological polar surface area (TPSA) is 66.0 Å². The normalized spacial score (nSPS) is 16.3. The molecule has 5 rings (SSSR count). The number of methoxy groups -OCH3 is 1. The Bertz CT molecular complexity index is 1130. The van der Waals surface area contributed by atoms with Crippen LogP contribution in [0.15, 0.2) is 60.7 Å². The number of benzene rings is 3. The number of fused-ring (bicyclic) bond motifs is 2. The lowest BCUT2D eigenvalue weighted by molar-refractivity contribution is -0.116. The van der Waals surface area contributed by atoms with Gasteiger partial charge in [-0.15, -0.1) is 0 Å². The minimum atomic E-state index is -0.103. The Morgan fingerprint density at radius 1 is 1.06 bits per heavy atom. The molecule has 3 aromatic rings. The quantitative estimate of drug-likeness (QED) is 0.539. The van der Waals surface area contributed by atoms with Gasteiger partial charge in [-0.3, -0.25) is 4.79 Å². The minimum Gasteiger partial charge on any atom is -0.494 e. The van der Waals surface area contributed by atoms with Gasteiger partial charge in [0.25, 0.3) is 0 Å². The lowest BCUT2D eigenvalue weighted by Crippen LogP contribution is -2.23. The molecule has 3 aromatic carbocycles. The van der Waals surface area contributed by atoms with Gasteiger partial charge in [-0.25, -0.2) is 0 Å². The molecular formula is C26H25NO5. The highest BCUT2D eigenvalue weighted by atomic mass is 16.7. The molecule has 0 radical (unpaired) electrons. The van der Waals surface area contributed by atoms with Crippen LogP contribution >= 0.6 is 0 Å². The first-order valence-corrected chi connectivity index (χ1v) is 10.8. The van der Waals surface area contributed by atoms with Crippen molar-refractivity contribution >= 4 is 11.6 Å². The van der Waals surface area contributed by atoms with Crippen molar-refractivity contribution in [1.82, 2.24) is 0 Å². The van der Waals surface area contributed by atoms with Crippen molar-refractivity contribution in [3.63, 3.8) is 0 Å². The molecule has 1 unspecified atom stereocenters. The van der Waals surface area contributed by atoms with Gasteiger partial charge in [0, 0.05) is 24.1 Å². The molecule has 0 bridgehead atoms. The molecule has 0 aliphatic carbocycles. The highest BCUT2D eigenvalue weighted by Gasteiger charge is 2.30. The first-order valence-electron chi connectivity index (χ1n) is 10.8. The standard InChI is InChI=1S/C26H25NO5/c1-29-23-12-18(13-24-26(23)32-16-31-24)21-15-25(28)27-22-14-19(9-10-20(21)22)30-11-5-8-17-6-3-2-4-7-17/h2-4,6-7,9-10,12-14,21H,5,8,11,15-16H2,1H3,(H,27,28). The second kappa shape index (κ2) is 8.83. The van der Waals surface area contributed by atoms with E-state index in [1.54, 1.807) is 7.11 Å². The van der Waals surface area contributed by atoms with Crippen molar-refractivity contribution in [1.29, 1.82) is 0 Å². The fraction of sp³-hybridized carbons (Fsp3) is 0.269. The van der Waals surface area contributed by atoms with Crippen molar-refractivity contribution in [3.05, 3.63) is 77.4 Å². The largest absolute Gasteiger partial charge is 0.494 e. The van der Waals surface area contributed by atoms with E-state index in [1.807, 2.05) is 36.4 Å². The van der Waals surface area contributed by atoms with Crippen LogP contribution in [0.2, 0.25) is 0 Å². The number of hydrogen-bond donors (Lipinski definition) is 1. The Labute approximate surface area is 187 Å². The molecule has 1 N–H and O–H groups in total. The maximum atomic E-state index is 12.5. The van der Waals surface area contributed by atoms with Crippen molar-refractivity contribution in [2.45, 2.75) is 25.2 Å². The van der Waals surface area contributed by atoms with Crippen molar-refractivity contribution in [2.75, 3.05) is 25.8 Å². The number of carbonyl (C=O) groups is 1. The number of hydrogen-bond acceptors (Lipinski definition) is 5. The van der Waals surface area contributed by atoms with Crippen LogP contribution in [0, 0.1) is 0 Å². The van der Waals surface area contributed by atoms with Crippen molar-refractivity contribution in [2.24, 2.45) is 0 Å². The molecule has 164 valence electrons. The molecule has 2 aliphatic rings. The van der Waals surface area contributed by atoms with E-state index in [1.165, 1.54) is 5.56 Å². The summed E-state index contributed by atoms with van der Waals surface area (Å²) in [6, 6.07) is 20.1. The summed E-state index contributed by atoms with van der Waals surface area (Å²) in [5.74, 6) is 2.48. The number of ether oxygens (including phenoxy) is 4. The van der Waals surface area contributed by atoms with Crippen LogP contribution < -0.4 is 24.3 Å². The zero-order chi connectivity index (χ0) is 21.9. The number of nitrogens with one attached hydrogen (secondary N) is 1. The van der Waals surface area contributed by atoms with E-state index in [0.717, 1.165) is 35.4 Å². The third kappa shape index (κ3) is 4.08. The predicted molar refractivity (Wildman–Crippen MR) is 121 cm³/mol. The van der Waals surface area contributed by atoms with E-state index in [-0.39, 0.29) is 18.6 Å². The smallest absolute Gasteiger partial charge is 0.231 e. The monoisotopic (exact) mass is 431 g/mol. The Kier molecular flexibility index (Phi) is 5.58. The number of anilines is 1. The maximum absolute atomic E-state index is 12.5. The van der Waals surface area contributed by atoms with E-state index in [4.69, 9.17) is 18.9 Å². The van der Waals surface area contributed by atoms with Gasteiger partial charge >= 0.3 is 0 Å². The Hall–Kier alpha value is -3.67. The lowest BCUT2D eigenvalue weighted by atomic mass is 9.84. The van der Waals surface area contributed by atoms with Crippen LogP contribution in [-0.2, 0) is 11.2 Å². The molecule has 0 saturated heterocycles. The molecule has 0 aromatic heterocycles. The number of aryl methyl sites for hydroxylation is 1. The molecule has 2 heterocycles. The Morgan fingerprint density at radius 3 is 2.78 bits per heavy atom. The summed E-state index contributed by atoms with van der Waals surface area (Å²) in [6.45, 7) is 0.784. The van der Waals surface area contributed by atoms with Crippen molar-refractivity contribution in [3.8, 4) is 23.0 Å². The summed E-state index contributed by atoms with van der Waals surface area (Å²) in [7, 11) is 1.60. The van der Waals surface area contributed by atoms with E-state index in [2.05, 4.69) is 29.6 Å². The molecule has 6 nitrogen and oxygen atoms in total. The first-order chi connectivity index (χ1) is 15.7. The molecule has 0 fully saturated rings. The zero-order valence-electron chi connectivity index (χ0n) is 17.9. The van der Waals surface area contributed by atoms with E-state index in [9.17, 15) is 4.79 Å². The summed E-state index contributed by atoms with van der Waals surface area (Å²) in [5, 5.41) is 2.99. The van der Waals surface area contributed by atoms with Gasteiger partial charge in [0.1, 0.15) is 5.75 Å². The van der Waals surface area contributed by atoms with Gasteiger partial charge in [-0.1, -0.05) is 36.4 Å². The number of amides is 1. The zero-order valence-corrected chi connectivity index (χ0v) is 17.9. The van der Waals surface area contributed by atoms with Gasteiger partial charge in [-0.2, -0.15) is 0 Å². The predicted octanol–water partition coefficient (Wildman–Crippen LogP) is 4.91. The number of carbonyl (C=O) groups excluding carboxylic acids is 1. The van der Waals surface area contributed by atoms with Crippen molar-refractivity contribution < 1.29 is 23.7 Å².